The molecule has 3 aromatic rings. The molecular weight excluding hydrogens is 366 g/mol. The molecule has 1 aromatic carbocycles. The topological polar surface area (TPSA) is 86.5 Å². The number of hydrogen-bond donors (Lipinski definition) is 1. The summed E-state index contributed by atoms with van der Waals surface area (Å²) in [6.45, 7) is 7.25. The van der Waals surface area contributed by atoms with Gasteiger partial charge in [-0.05, 0) is 45.0 Å². The standard InChI is InChI=1S/C19H21N3O4S/c1-11(2)24-14-5-7-15(8-6-14)25-19-20-10-18(27-19)16-9-17(26-22-16)12(3)21-13(4)23/h5-12H,1-4H3,(H,21,23)/t12-/m1/s1. The van der Waals surface area contributed by atoms with E-state index in [1.54, 1.807) is 12.3 Å². The molecule has 1 N–H and O–H groups in total. The number of rotatable bonds is 7. The summed E-state index contributed by atoms with van der Waals surface area (Å²) >= 11 is 1.36. The van der Waals surface area contributed by atoms with Gasteiger partial charge in [0.1, 0.15) is 17.2 Å². The van der Waals surface area contributed by atoms with Crippen LogP contribution in [0.5, 0.6) is 16.7 Å². The van der Waals surface area contributed by atoms with E-state index in [4.69, 9.17) is 14.0 Å². The predicted octanol–water partition coefficient (Wildman–Crippen LogP) is 4.57. The van der Waals surface area contributed by atoms with Gasteiger partial charge in [0.25, 0.3) is 5.19 Å². The molecule has 1 atom stereocenters. The van der Waals surface area contributed by atoms with Crippen LogP contribution in [0.4, 0.5) is 0 Å². The highest BCUT2D eigenvalue weighted by atomic mass is 32.1. The molecule has 8 heteroatoms. The number of nitrogens with zero attached hydrogens (tertiary/aromatic N) is 2. The lowest BCUT2D eigenvalue weighted by Gasteiger charge is -2.09. The molecule has 0 aliphatic heterocycles. The molecule has 0 spiro atoms. The summed E-state index contributed by atoms with van der Waals surface area (Å²) in [6.07, 6.45) is 1.81. The monoisotopic (exact) mass is 387 g/mol. The molecule has 2 heterocycles. The van der Waals surface area contributed by atoms with E-state index in [1.807, 2.05) is 45.0 Å². The molecule has 1 amide bonds. The van der Waals surface area contributed by atoms with Crippen LogP contribution in [0.2, 0.25) is 0 Å². The Morgan fingerprint density at radius 3 is 2.56 bits per heavy atom. The highest BCUT2D eigenvalue weighted by molar-refractivity contribution is 7.16. The molecule has 0 fully saturated rings. The van der Waals surface area contributed by atoms with Crippen molar-refractivity contribution in [3.8, 4) is 27.3 Å². The van der Waals surface area contributed by atoms with Gasteiger partial charge >= 0.3 is 0 Å². The minimum absolute atomic E-state index is 0.124. The molecule has 142 valence electrons. The van der Waals surface area contributed by atoms with E-state index in [1.165, 1.54) is 18.3 Å². The Hall–Kier alpha value is -2.87. The fraction of sp³-hybridized carbons (Fsp3) is 0.316. The third-order valence-electron chi connectivity index (χ3n) is 3.51. The lowest BCUT2D eigenvalue weighted by molar-refractivity contribution is -0.119. The van der Waals surface area contributed by atoms with Crippen LogP contribution >= 0.6 is 11.3 Å². The quantitative estimate of drug-likeness (QED) is 0.639. The number of thiazole rings is 1. The van der Waals surface area contributed by atoms with Gasteiger partial charge in [-0.15, -0.1) is 0 Å². The Labute approximate surface area is 161 Å². The number of amides is 1. The van der Waals surface area contributed by atoms with E-state index in [-0.39, 0.29) is 18.1 Å². The zero-order valence-corrected chi connectivity index (χ0v) is 16.4. The number of nitrogens with one attached hydrogen (secondary N) is 1. The van der Waals surface area contributed by atoms with Gasteiger partial charge in [0.05, 0.1) is 23.2 Å². The molecule has 3 rings (SSSR count). The zero-order valence-electron chi connectivity index (χ0n) is 15.6. The van der Waals surface area contributed by atoms with Gasteiger partial charge in [-0.3, -0.25) is 4.79 Å². The Balaban J connectivity index is 1.66. The fourth-order valence-corrected chi connectivity index (χ4v) is 3.11. The van der Waals surface area contributed by atoms with E-state index < -0.39 is 0 Å². The second-order valence-electron chi connectivity index (χ2n) is 6.27. The zero-order chi connectivity index (χ0) is 19.4. The van der Waals surface area contributed by atoms with Crippen LogP contribution < -0.4 is 14.8 Å². The van der Waals surface area contributed by atoms with Crippen LogP contribution in [-0.4, -0.2) is 22.2 Å². The summed E-state index contributed by atoms with van der Waals surface area (Å²) in [6, 6.07) is 8.92. The van der Waals surface area contributed by atoms with Crippen molar-refractivity contribution >= 4 is 17.2 Å². The summed E-state index contributed by atoms with van der Waals surface area (Å²) in [5.41, 5.74) is 0.648. The van der Waals surface area contributed by atoms with Crippen LogP contribution in [0.1, 0.15) is 39.5 Å². The molecule has 0 aliphatic carbocycles. The van der Waals surface area contributed by atoms with Crippen LogP contribution in [0, 0.1) is 0 Å². The smallest absolute Gasteiger partial charge is 0.279 e. The van der Waals surface area contributed by atoms with E-state index >= 15 is 0 Å². The average Bonchev–Trinajstić information content (AvgIpc) is 3.25. The highest BCUT2D eigenvalue weighted by Gasteiger charge is 2.16. The van der Waals surface area contributed by atoms with Gasteiger partial charge < -0.3 is 19.3 Å². The van der Waals surface area contributed by atoms with Crippen molar-refractivity contribution in [2.45, 2.75) is 39.8 Å². The Bertz CT molecular complexity index is 902. The lowest BCUT2D eigenvalue weighted by Crippen LogP contribution is -2.23. The van der Waals surface area contributed by atoms with Crippen LogP contribution in [-0.2, 0) is 4.79 Å². The highest BCUT2D eigenvalue weighted by Crippen LogP contribution is 2.33. The number of ether oxygens (including phenoxy) is 2. The van der Waals surface area contributed by atoms with Crippen LogP contribution in [0.15, 0.2) is 41.1 Å². The largest absolute Gasteiger partial charge is 0.491 e. The molecule has 27 heavy (non-hydrogen) atoms. The molecule has 0 aliphatic rings. The second-order valence-corrected chi connectivity index (χ2v) is 7.26. The van der Waals surface area contributed by atoms with Gasteiger partial charge in [0, 0.05) is 13.0 Å². The van der Waals surface area contributed by atoms with Gasteiger partial charge in [0.15, 0.2) is 5.76 Å². The summed E-state index contributed by atoms with van der Waals surface area (Å²) in [7, 11) is 0. The first-order chi connectivity index (χ1) is 12.9. The van der Waals surface area contributed by atoms with E-state index in [9.17, 15) is 4.79 Å². The van der Waals surface area contributed by atoms with Crippen molar-refractivity contribution in [2.24, 2.45) is 0 Å². The van der Waals surface area contributed by atoms with Crippen molar-refractivity contribution in [3.05, 3.63) is 42.3 Å². The number of benzene rings is 1. The number of aromatic nitrogens is 2. The molecule has 2 aromatic heterocycles. The molecule has 0 radical (unpaired) electrons. The Kier molecular flexibility index (Phi) is 5.75. The van der Waals surface area contributed by atoms with Crippen molar-refractivity contribution in [2.75, 3.05) is 0 Å². The summed E-state index contributed by atoms with van der Waals surface area (Å²) in [5, 5.41) is 7.31. The predicted molar refractivity (Wildman–Crippen MR) is 102 cm³/mol. The van der Waals surface area contributed by atoms with Crippen molar-refractivity contribution in [1.29, 1.82) is 0 Å². The van der Waals surface area contributed by atoms with E-state index in [2.05, 4.69) is 15.5 Å². The van der Waals surface area contributed by atoms with Gasteiger partial charge in [0.2, 0.25) is 5.91 Å². The number of carbonyl (C=O) groups is 1. The fourth-order valence-electron chi connectivity index (χ4n) is 2.37. The van der Waals surface area contributed by atoms with E-state index in [0.29, 0.717) is 22.4 Å². The van der Waals surface area contributed by atoms with Crippen molar-refractivity contribution in [3.63, 3.8) is 0 Å². The molecule has 7 nitrogen and oxygen atoms in total. The maximum atomic E-state index is 11.1. The first-order valence-electron chi connectivity index (χ1n) is 8.55. The maximum absolute atomic E-state index is 11.1. The summed E-state index contributed by atoms with van der Waals surface area (Å²) in [4.78, 5) is 16.2. The Morgan fingerprint density at radius 1 is 1.19 bits per heavy atom. The normalized spacial score (nSPS) is 12.0. The van der Waals surface area contributed by atoms with Gasteiger partial charge in [-0.2, -0.15) is 0 Å². The van der Waals surface area contributed by atoms with Crippen molar-refractivity contribution in [1.82, 2.24) is 15.5 Å². The molecule has 0 saturated carbocycles. The molecule has 0 unspecified atom stereocenters. The molecule has 0 saturated heterocycles. The first kappa shape index (κ1) is 18.9. The van der Waals surface area contributed by atoms with E-state index in [0.717, 1.165) is 10.6 Å². The molecular formula is C19H21N3O4S. The maximum Gasteiger partial charge on any atom is 0.279 e. The average molecular weight is 387 g/mol. The number of carbonyl (C=O) groups excluding carboxylic acids is 1. The van der Waals surface area contributed by atoms with Crippen molar-refractivity contribution < 1.29 is 18.8 Å². The lowest BCUT2D eigenvalue weighted by atomic mass is 10.2. The van der Waals surface area contributed by atoms with Gasteiger partial charge in [-0.25, -0.2) is 4.98 Å². The summed E-state index contributed by atoms with van der Waals surface area (Å²) < 4.78 is 16.7. The summed E-state index contributed by atoms with van der Waals surface area (Å²) in [5.74, 6) is 1.92. The minimum Gasteiger partial charge on any atom is -0.491 e. The first-order valence-corrected chi connectivity index (χ1v) is 9.37. The molecule has 0 bridgehead atoms. The third-order valence-corrected chi connectivity index (χ3v) is 4.41. The van der Waals surface area contributed by atoms with Crippen LogP contribution in [0.3, 0.4) is 0 Å². The second kappa shape index (κ2) is 8.22. The Morgan fingerprint density at radius 2 is 1.89 bits per heavy atom. The third kappa shape index (κ3) is 5.07. The number of hydrogen-bond acceptors (Lipinski definition) is 7. The SMILES string of the molecule is CC(=O)N[C@H](C)c1cc(-c2cnc(Oc3ccc(OC(C)C)cc3)s2)no1. The van der Waals surface area contributed by atoms with Crippen LogP contribution in [0.25, 0.3) is 10.6 Å². The minimum atomic E-state index is -0.251. The van der Waals surface area contributed by atoms with Gasteiger partial charge in [-0.1, -0.05) is 16.5 Å².